The molecule has 7 heteroatoms. The minimum absolute atomic E-state index is 0.0539. The summed E-state index contributed by atoms with van der Waals surface area (Å²) >= 11 is 1.40. The highest BCUT2D eigenvalue weighted by atomic mass is 32.1. The first-order chi connectivity index (χ1) is 15.9. The fourth-order valence-electron chi connectivity index (χ4n) is 3.81. The van der Waals surface area contributed by atoms with Crippen LogP contribution in [0, 0.1) is 0 Å². The molecule has 0 aliphatic carbocycles. The summed E-state index contributed by atoms with van der Waals surface area (Å²) in [6, 6.07) is 18.5. The number of Topliss-reactive ketones (excluding diaryl/α,β-unsaturated/α-hetero) is 1. The molecule has 0 spiro atoms. The Bertz CT molecular complexity index is 1200. The topological polar surface area (TPSA) is 83.9 Å². The molecular weight excluding hydrogens is 438 g/mol. The van der Waals surface area contributed by atoms with Crippen LogP contribution in [0.15, 0.2) is 77.7 Å². The Balaban J connectivity index is 1.73. The van der Waals surface area contributed by atoms with E-state index in [-0.39, 0.29) is 29.8 Å². The third kappa shape index (κ3) is 4.59. The SMILES string of the molecule is CC(C)OC(=O)Cc1ccc(N2C(=O)C(=O)/C(=C(\O)c3ccccc3)C2c2cccs2)cc1. The number of rotatable bonds is 6. The molecule has 0 radical (unpaired) electrons. The van der Waals surface area contributed by atoms with Crippen LogP contribution in [0.2, 0.25) is 0 Å². The van der Waals surface area contributed by atoms with Gasteiger partial charge in [0.15, 0.2) is 0 Å². The van der Waals surface area contributed by atoms with E-state index in [0.29, 0.717) is 11.3 Å². The van der Waals surface area contributed by atoms with Crippen LogP contribution in [0.1, 0.15) is 35.9 Å². The van der Waals surface area contributed by atoms with Crippen LogP contribution in [0.25, 0.3) is 5.76 Å². The number of benzene rings is 2. The standard InChI is InChI=1S/C26H23NO5S/c1-16(2)32-21(28)15-17-10-12-19(13-11-17)27-23(20-9-6-14-33-20)22(25(30)26(27)31)24(29)18-7-4-3-5-8-18/h3-14,16,23,29H,15H2,1-2H3/b24-22-. The predicted molar refractivity (Wildman–Crippen MR) is 127 cm³/mol. The second kappa shape index (κ2) is 9.42. The van der Waals surface area contributed by atoms with Crippen molar-refractivity contribution in [1.29, 1.82) is 0 Å². The number of esters is 1. The van der Waals surface area contributed by atoms with Gasteiger partial charge in [0.25, 0.3) is 11.7 Å². The lowest BCUT2D eigenvalue weighted by Gasteiger charge is -2.24. The van der Waals surface area contributed by atoms with Gasteiger partial charge in [0.2, 0.25) is 0 Å². The van der Waals surface area contributed by atoms with Gasteiger partial charge < -0.3 is 9.84 Å². The molecule has 1 aliphatic heterocycles. The fourth-order valence-corrected chi connectivity index (χ4v) is 4.64. The van der Waals surface area contributed by atoms with Crippen molar-refractivity contribution in [3.05, 3.63) is 93.7 Å². The van der Waals surface area contributed by atoms with Crippen molar-refractivity contribution in [3.63, 3.8) is 0 Å². The number of hydrogen-bond acceptors (Lipinski definition) is 6. The van der Waals surface area contributed by atoms with E-state index in [9.17, 15) is 19.5 Å². The molecule has 168 valence electrons. The highest BCUT2D eigenvalue weighted by Crippen LogP contribution is 2.43. The van der Waals surface area contributed by atoms with E-state index in [1.165, 1.54) is 16.2 Å². The smallest absolute Gasteiger partial charge is 0.310 e. The number of nitrogens with zero attached hydrogens (tertiary/aromatic N) is 1. The minimum Gasteiger partial charge on any atom is -0.507 e. The second-order valence-electron chi connectivity index (χ2n) is 7.93. The zero-order chi connectivity index (χ0) is 23.5. The van der Waals surface area contributed by atoms with Crippen LogP contribution in [-0.2, 0) is 25.5 Å². The van der Waals surface area contributed by atoms with Crippen molar-refractivity contribution in [2.45, 2.75) is 32.4 Å². The van der Waals surface area contributed by atoms with Crippen LogP contribution < -0.4 is 4.90 Å². The van der Waals surface area contributed by atoms with Gasteiger partial charge >= 0.3 is 5.97 Å². The van der Waals surface area contributed by atoms with Crippen LogP contribution in [0.5, 0.6) is 0 Å². The molecule has 1 unspecified atom stereocenters. The number of thiophene rings is 1. The summed E-state index contributed by atoms with van der Waals surface area (Å²) in [5.74, 6) is -1.99. The lowest BCUT2D eigenvalue weighted by atomic mass is 9.99. The molecule has 2 aromatic carbocycles. The van der Waals surface area contributed by atoms with Gasteiger partial charge in [0.05, 0.1) is 18.1 Å². The summed E-state index contributed by atoms with van der Waals surface area (Å²) in [6.45, 7) is 3.58. The lowest BCUT2D eigenvalue weighted by Crippen LogP contribution is -2.29. The van der Waals surface area contributed by atoms with E-state index in [1.54, 1.807) is 62.4 Å². The Morgan fingerprint density at radius 1 is 1.03 bits per heavy atom. The van der Waals surface area contributed by atoms with Gasteiger partial charge in [-0.25, -0.2) is 0 Å². The minimum atomic E-state index is -0.748. The van der Waals surface area contributed by atoms with Gasteiger partial charge in [-0.3, -0.25) is 19.3 Å². The summed E-state index contributed by atoms with van der Waals surface area (Å²) < 4.78 is 5.18. The van der Waals surface area contributed by atoms with Crippen LogP contribution >= 0.6 is 11.3 Å². The molecule has 1 saturated heterocycles. The van der Waals surface area contributed by atoms with Gasteiger partial charge in [-0.05, 0) is 43.0 Å². The Labute approximate surface area is 195 Å². The quantitative estimate of drug-likeness (QED) is 0.245. The molecule has 3 aromatic rings. The van der Waals surface area contributed by atoms with E-state index in [1.807, 2.05) is 23.6 Å². The van der Waals surface area contributed by atoms with Crippen molar-refractivity contribution < 1.29 is 24.2 Å². The monoisotopic (exact) mass is 461 g/mol. The number of carbonyl (C=O) groups excluding carboxylic acids is 3. The molecule has 6 nitrogen and oxygen atoms in total. The summed E-state index contributed by atoms with van der Waals surface area (Å²) in [5, 5.41) is 12.9. The first-order valence-electron chi connectivity index (χ1n) is 10.5. The van der Waals surface area contributed by atoms with Crippen LogP contribution in [-0.4, -0.2) is 28.9 Å². The maximum Gasteiger partial charge on any atom is 0.310 e. The number of anilines is 1. The average Bonchev–Trinajstić information content (AvgIpc) is 3.41. The first-order valence-corrected chi connectivity index (χ1v) is 11.4. The third-order valence-corrected chi connectivity index (χ3v) is 6.16. The maximum atomic E-state index is 13.1. The molecule has 1 atom stereocenters. The Kier molecular flexibility index (Phi) is 6.42. The van der Waals surface area contributed by atoms with Gasteiger partial charge in [0.1, 0.15) is 11.8 Å². The molecule has 1 aromatic heterocycles. The molecule has 1 fully saturated rings. The molecule has 1 aliphatic rings. The second-order valence-corrected chi connectivity index (χ2v) is 8.91. The van der Waals surface area contributed by atoms with Crippen molar-refractivity contribution >= 4 is 40.4 Å². The Morgan fingerprint density at radius 2 is 1.73 bits per heavy atom. The molecule has 2 heterocycles. The first kappa shape index (κ1) is 22.5. The molecule has 0 saturated carbocycles. The van der Waals surface area contributed by atoms with E-state index in [2.05, 4.69) is 0 Å². The van der Waals surface area contributed by atoms with E-state index < -0.39 is 17.7 Å². The summed E-state index contributed by atoms with van der Waals surface area (Å²) in [4.78, 5) is 40.3. The number of ketones is 1. The van der Waals surface area contributed by atoms with Crippen molar-refractivity contribution in [2.75, 3.05) is 4.90 Å². The van der Waals surface area contributed by atoms with E-state index in [0.717, 1.165) is 10.4 Å². The number of aliphatic hydroxyl groups excluding tert-OH is 1. The molecular formula is C26H23NO5S. The largest absolute Gasteiger partial charge is 0.507 e. The van der Waals surface area contributed by atoms with Gasteiger partial charge in [-0.15, -0.1) is 11.3 Å². The van der Waals surface area contributed by atoms with Gasteiger partial charge in [-0.1, -0.05) is 48.5 Å². The number of carbonyl (C=O) groups is 3. The summed E-state index contributed by atoms with van der Waals surface area (Å²) in [5.41, 5.74) is 1.76. The van der Waals surface area contributed by atoms with Crippen LogP contribution in [0.3, 0.4) is 0 Å². The maximum absolute atomic E-state index is 13.1. The lowest BCUT2D eigenvalue weighted by molar-refractivity contribution is -0.146. The van der Waals surface area contributed by atoms with Gasteiger partial charge in [-0.2, -0.15) is 0 Å². The number of amides is 1. The molecule has 1 amide bonds. The van der Waals surface area contributed by atoms with Gasteiger partial charge in [0, 0.05) is 16.1 Å². The molecule has 0 bridgehead atoms. The average molecular weight is 462 g/mol. The zero-order valence-electron chi connectivity index (χ0n) is 18.2. The van der Waals surface area contributed by atoms with Crippen LogP contribution in [0.4, 0.5) is 5.69 Å². The third-order valence-electron chi connectivity index (χ3n) is 5.23. The van der Waals surface area contributed by atoms with Crippen molar-refractivity contribution in [3.8, 4) is 0 Å². The van der Waals surface area contributed by atoms with E-state index in [4.69, 9.17) is 4.74 Å². The normalized spacial score (nSPS) is 17.5. The highest BCUT2D eigenvalue weighted by molar-refractivity contribution is 7.10. The van der Waals surface area contributed by atoms with Crippen molar-refractivity contribution in [1.82, 2.24) is 0 Å². The zero-order valence-corrected chi connectivity index (χ0v) is 19.0. The van der Waals surface area contributed by atoms with E-state index >= 15 is 0 Å². The summed E-state index contributed by atoms with van der Waals surface area (Å²) in [7, 11) is 0. The Hall–Kier alpha value is -3.71. The molecule has 4 rings (SSSR count). The fraction of sp³-hybridized carbons (Fsp3) is 0.192. The number of aliphatic hydroxyl groups is 1. The molecule has 1 N–H and O–H groups in total. The number of ether oxygens (including phenoxy) is 1. The summed E-state index contributed by atoms with van der Waals surface area (Å²) in [6.07, 6.45) is -0.0846. The highest BCUT2D eigenvalue weighted by Gasteiger charge is 2.47. The predicted octanol–water partition coefficient (Wildman–Crippen LogP) is 4.87. The number of hydrogen-bond donors (Lipinski definition) is 1. The van der Waals surface area contributed by atoms with Crippen molar-refractivity contribution in [2.24, 2.45) is 0 Å². The Morgan fingerprint density at radius 3 is 2.33 bits per heavy atom. The molecule has 33 heavy (non-hydrogen) atoms.